The zero-order chi connectivity index (χ0) is 14.7. The predicted molar refractivity (Wildman–Crippen MR) is 67.7 cm³/mol. The number of carbonyl (C=O) groups is 3. The molecule has 2 rings (SSSR count). The number of rotatable bonds is 2. The predicted octanol–water partition coefficient (Wildman–Crippen LogP) is 0.0543. The molecular weight excluding hydrogens is 270 g/mol. The molecule has 1 unspecified atom stereocenters. The average molecular weight is 285 g/mol. The molecule has 2 aliphatic heterocycles. The first-order valence-electron chi connectivity index (χ1n) is 5.80. The summed E-state index contributed by atoms with van der Waals surface area (Å²) in [4.78, 5) is 35.8. The van der Waals surface area contributed by atoms with Gasteiger partial charge in [-0.2, -0.15) is 0 Å². The fourth-order valence-corrected chi connectivity index (χ4v) is 4.50. The molecule has 0 aromatic heterocycles. The summed E-state index contributed by atoms with van der Waals surface area (Å²) in [5.41, 5.74) is 0.462. The van der Waals surface area contributed by atoms with E-state index in [1.165, 1.54) is 13.8 Å². The van der Waals surface area contributed by atoms with Gasteiger partial charge in [0.25, 0.3) is 5.91 Å². The van der Waals surface area contributed by atoms with E-state index in [0.717, 1.165) is 4.90 Å². The third kappa shape index (κ3) is 1.60. The van der Waals surface area contributed by atoms with Gasteiger partial charge in [-0.1, -0.05) is 0 Å². The number of fused-ring (bicyclic) bond motifs is 1. The van der Waals surface area contributed by atoms with Gasteiger partial charge in [-0.3, -0.25) is 13.8 Å². The number of ketones is 1. The van der Waals surface area contributed by atoms with E-state index in [1.807, 2.05) is 0 Å². The maximum Gasteiger partial charge on any atom is 0.328 e. The van der Waals surface area contributed by atoms with E-state index < -0.39 is 38.8 Å². The summed E-state index contributed by atoms with van der Waals surface area (Å²) in [6.45, 7) is 5.96. The van der Waals surface area contributed by atoms with E-state index in [9.17, 15) is 23.7 Å². The fraction of sp³-hybridized carbons (Fsp3) is 0.583. The molecule has 7 heteroatoms. The Labute approximate surface area is 112 Å². The van der Waals surface area contributed by atoms with Crippen molar-refractivity contribution in [3.63, 3.8) is 0 Å². The van der Waals surface area contributed by atoms with Gasteiger partial charge in [0.15, 0.2) is 5.78 Å². The lowest BCUT2D eigenvalue weighted by molar-refractivity contribution is -0.152. The molecule has 0 aromatic rings. The molecule has 2 aliphatic rings. The number of hydrogen-bond donors (Lipinski definition) is 1. The summed E-state index contributed by atoms with van der Waals surface area (Å²) in [5, 5.41) is 8.46. The van der Waals surface area contributed by atoms with Crippen molar-refractivity contribution in [3.05, 3.63) is 11.1 Å². The van der Waals surface area contributed by atoms with E-state index in [1.54, 1.807) is 13.8 Å². The third-order valence-corrected chi connectivity index (χ3v) is 5.92. The van der Waals surface area contributed by atoms with Crippen molar-refractivity contribution in [3.8, 4) is 0 Å². The van der Waals surface area contributed by atoms with E-state index in [4.69, 9.17) is 0 Å². The van der Waals surface area contributed by atoms with Crippen molar-refractivity contribution in [2.45, 2.75) is 43.9 Å². The average Bonchev–Trinajstić information content (AvgIpc) is 2.46. The molecule has 0 radical (unpaired) electrons. The lowest BCUT2D eigenvalue weighted by Gasteiger charge is -2.39. The van der Waals surface area contributed by atoms with Gasteiger partial charge in [0.1, 0.15) is 11.4 Å². The smallest absolute Gasteiger partial charge is 0.328 e. The molecule has 0 bridgehead atoms. The summed E-state index contributed by atoms with van der Waals surface area (Å²) in [7, 11) is -1.55. The van der Waals surface area contributed by atoms with E-state index in [2.05, 4.69) is 0 Å². The number of aliphatic carboxylic acids is 1. The van der Waals surface area contributed by atoms with E-state index in [-0.39, 0.29) is 16.9 Å². The normalized spacial score (nSPS) is 34.6. The number of Topliss-reactive ketones (excluding diaryl/α,β-unsaturated/α-hetero) is 1. The Morgan fingerprint density at radius 2 is 1.84 bits per heavy atom. The number of β-lactam (4-membered cyclic amide) rings is 1. The van der Waals surface area contributed by atoms with Crippen molar-refractivity contribution < 1.29 is 23.7 Å². The second kappa shape index (κ2) is 4.00. The van der Waals surface area contributed by atoms with Crippen molar-refractivity contribution in [1.82, 2.24) is 4.90 Å². The Morgan fingerprint density at radius 1 is 1.32 bits per heavy atom. The highest BCUT2D eigenvalue weighted by Crippen LogP contribution is 2.46. The van der Waals surface area contributed by atoms with Crippen molar-refractivity contribution in [2.75, 3.05) is 0 Å². The molecule has 2 saturated heterocycles. The molecule has 1 amide bonds. The Balaban J connectivity index is 2.54. The minimum atomic E-state index is -1.55. The van der Waals surface area contributed by atoms with Crippen LogP contribution in [0, 0.1) is 0 Å². The quantitative estimate of drug-likeness (QED) is 0.572. The number of carboxylic acid groups (broad SMARTS) is 1. The zero-order valence-electron chi connectivity index (χ0n) is 11.1. The first-order chi connectivity index (χ1) is 8.62. The maximum atomic E-state index is 12.4. The Morgan fingerprint density at radius 3 is 2.26 bits per heavy atom. The molecule has 6 nitrogen and oxygen atoms in total. The number of amides is 1. The molecule has 3 atom stereocenters. The van der Waals surface area contributed by atoms with E-state index >= 15 is 0 Å². The largest absolute Gasteiger partial charge is 0.480 e. The second-order valence-electron chi connectivity index (χ2n) is 5.30. The van der Waals surface area contributed by atoms with Crippen LogP contribution >= 0.6 is 0 Å². The summed E-state index contributed by atoms with van der Waals surface area (Å²) in [6.07, 6.45) is 0. The standard InChI is InChI=1S/C12H15NO5S/c1-5(6(2)14)7-9(15)13-8(11(16)17)12(3,4)19(18)10(7)13/h8,10H,1-4H3,(H,16,17)/b7-5-/t8-,10+,19?/m0/s1. The molecule has 0 spiro atoms. The highest BCUT2D eigenvalue weighted by atomic mass is 32.2. The minimum Gasteiger partial charge on any atom is -0.480 e. The van der Waals surface area contributed by atoms with Crippen LogP contribution in [0.2, 0.25) is 0 Å². The van der Waals surface area contributed by atoms with Gasteiger partial charge in [-0.15, -0.1) is 0 Å². The molecule has 1 N–H and O–H groups in total. The number of nitrogens with zero attached hydrogens (tertiary/aromatic N) is 1. The number of allylic oxidation sites excluding steroid dienone is 1. The van der Waals surface area contributed by atoms with Crippen molar-refractivity contribution in [1.29, 1.82) is 0 Å². The van der Waals surface area contributed by atoms with Crippen LogP contribution in [0.4, 0.5) is 0 Å². The lowest BCUT2D eigenvalue weighted by Crippen LogP contribution is -2.59. The molecule has 2 fully saturated rings. The summed E-state index contributed by atoms with van der Waals surface area (Å²) < 4.78 is 11.4. The van der Waals surface area contributed by atoms with E-state index in [0.29, 0.717) is 0 Å². The Kier molecular flexibility index (Phi) is 2.93. The molecule has 0 aromatic carbocycles. The molecule has 0 saturated carbocycles. The van der Waals surface area contributed by atoms with Crippen molar-refractivity contribution in [2.24, 2.45) is 0 Å². The zero-order valence-corrected chi connectivity index (χ0v) is 11.9. The Hall–Kier alpha value is -1.50. The maximum absolute atomic E-state index is 12.4. The van der Waals surface area contributed by atoms with Gasteiger partial charge < -0.3 is 10.0 Å². The van der Waals surface area contributed by atoms with Gasteiger partial charge in [-0.25, -0.2) is 4.79 Å². The monoisotopic (exact) mass is 285 g/mol. The van der Waals surface area contributed by atoms with Crippen molar-refractivity contribution >= 4 is 28.5 Å². The van der Waals surface area contributed by atoms with Crippen LogP contribution in [0.3, 0.4) is 0 Å². The summed E-state index contributed by atoms with van der Waals surface area (Å²) in [6, 6.07) is -1.12. The molecule has 0 aliphatic carbocycles. The summed E-state index contributed by atoms with van der Waals surface area (Å²) in [5.74, 6) is -1.94. The highest BCUT2D eigenvalue weighted by Gasteiger charge is 2.66. The SMILES string of the molecule is CC(=O)/C(C)=C1/C(=O)N2[C@@H]1S(=O)C(C)(C)[C@@H]2C(=O)O. The van der Waals surface area contributed by atoms with Crippen LogP contribution in [0.5, 0.6) is 0 Å². The third-order valence-electron chi connectivity index (χ3n) is 3.79. The second-order valence-corrected chi connectivity index (χ2v) is 7.39. The Bertz CT molecular complexity index is 562. The van der Waals surface area contributed by atoms with Crippen LogP contribution in [0.15, 0.2) is 11.1 Å². The van der Waals surface area contributed by atoms with Gasteiger partial charge in [-0.05, 0) is 27.7 Å². The van der Waals surface area contributed by atoms with Crippen LogP contribution in [0.1, 0.15) is 27.7 Å². The fourth-order valence-electron chi connectivity index (χ4n) is 2.57. The summed E-state index contributed by atoms with van der Waals surface area (Å²) >= 11 is 0. The van der Waals surface area contributed by atoms with Crippen LogP contribution in [0.25, 0.3) is 0 Å². The lowest BCUT2D eigenvalue weighted by atomic mass is 9.92. The van der Waals surface area contributed by atoms with Gasteiger partial charge >= 0.3 is 5.97 Å². The molecule has 19 heavy (non-hydrogen) atoms. The number of hydrogen-bond acceptors (Lipinski definition) is 4. The first-order valence-corrected chi connectivity index (χ1v) is 7.01. The van der Waals surface area contributed by atoms with Crippen LogP contribution < -0.4 is 0 Å². The highest BCUT2D eigenvalue weighted by molar-refractivity contribution is 7.87. The topological polar surface area (TPSA) is 91.8 Å². The van der Waals surface area contributed by atoms with Crippen LogP contribution in [-0.2, 0) is 25.2 Å². The van der Waals surface area contributed by atoms with Gasteiger partial charge in [0, 0.05) is 5.57 Å². The minimum absolute atomic E-state index is 0.197. The van der Waals surface area contributed by atoms with Crippen LogP contribution in [-0.4, -0.2) is 48.0 Å². The number of carbonyl (C=O) groups excluding carboxylic acids is 2. The first kappa shape index (κ1) is 13.9. The molecular formula is C12H15NO5S. The molecule has 104 valence electrons. The molecule has 2 heterocycles. The number of carboxylic acids is 1. The van der Waals surface area contributed by atoms with Gasteiger partial charge in [0.05, 0.1) is 21.1 Å². The van der Waals surface area contributed by atoms with Gasteiger partial charge in [0.2, 0.25) is 0 Å².